The van der Waals surface area contributed by atoms with Gasteiger partial charge < -0.3 is 0 Å². The largest absolute Gasteiger partial charge is 0.0778 e. The van der Waals surface area contributed by atoms with Gasteiger partial charge in [-0.3, -0.25) is 0 Å². The van der Waals surface area contributed by atoms with Crippen LogP contribution in [0.1, 0.15) is 252 Å². The van der Waals surface area contributed by atoms with Gasteiger partial charge in [0.25, 0.3) is 0 Å². The Bertz CT molecular complexity index is 4580. The summed E-state index contributed by atoms with van der Waals surface area (Å²) < 4.78 is 0. The Labute approximate surface area is 658 Å². The van der Waals surface area contributed by atoms with Crippen molar-refractivity contribution in [3.8, 4) is 0 Å². The number of hydrogen-bond acceptors (Lipinski definition) is 0. The predicted molar refractivity (Wildman–Crippen MR) is 488 cm³/mol. The molecule has 0 spiro atoms. The Kier molecular flexibility index (Phi) is 36.9. The van der Waals surface area contributed by atoms with Crippen molar-refractivity contribution in [3.63, 3.8) is 0 Å². The van der Waals surface area contributed by atoms with E-state index in [2.05, 4.69) is 410 Å². The van der Waals surface area contributed by atoms with E-state index >= 15 is 0 Å². The van der Waals surface area contributed by atoms with Crippen LogP contribution >= 0.6 is 0 Å². The zero-order valence-electron chi connectivity index (χ0n) is 75.9. The van der Waals surface area contributed by atoms with E-state index in [4.69, 9.17) is 0 Å². The van der Waals surface area contributed by atoms with Crippen LogP contribution in [0.4, 0.5) is 0 Å². The third-order valence-electron chi connectivity index (χ3n) is 23.3. The zero-order valence-corrected chi connectivity index (χ0v) is 75.9. The van der Waals surface area contributed by atoms with E-state index in [1.54, 1.807) is 0 Å². The second kappa shape index (κ2) is 42.2. The van der Waals surface area contributed by atoms with Gasteiger partial charge in [0.05, 0.1) is 0 Å². The maximum atomic E-state index is 2.40. The van der Waals surface area contributed by atoms with E-state index in [0.29, 0.717) is 5.41 Å². The van der Waals surface area contributed by atoms with Gasteiger partial charge in [-0.25, -0.2) is 0 Å². The minimum atomic E-state index is 0.500. The number of aryl methyl sites for hydroxylation is 24. The second-order valence-electron chi connectivity index (χ2n) is 35.0. The van der Waals surface area contributed by atoms with E-state index in [1.165, 1.54) is 223 Å². The summed E-state index contributed by atoms with van der Waals surface area (Å²) in [5.74, 6) is 3.86. The third kappa shape index (κ3) is 28.3. The predicted octanol–water partition coefficient (Wildman–Crippen LogP) is 32.8. The molecule has 4 unspecified atom stereocenters. The molecule has 11 aromatic carbocycles. The lowest BCUT2D eigenvalue weighted by molar-refractivity contribution is 0.157. The van der Waals surface area contributed by atoms with Gasteiger partial charge in [0.1, 0.15) is 0 Å². The van der Waals surface area contributed by atoms with Crippen molar-refractivity contribution in [2.24, 2.45) is 29.1 Å². The highest BCUT2D eigenvalue weighted by Crippen LogP contribution is 2.37. The fourth-order valence-corrected chi connectivity index (χ4v) is 13.9. The first-order valence-electron chi connectivity index (χ1n) is 40.1. The Hall–Kier alpha value is -7.80. The molecule has 11 aromatic rings. The van der Waals surface area contributed by atoms with Gasteiger partial charge in [0.15, 0.2) is 0 Å². The monoisotopic (exact) mass is 1440 g/mol. The minimum absolute atomic E-state index is 0.500. The van der Waals surface area contributed by atoms with Gasteiger partial charge in [-0.15, -0.1) is 0 Å². The van der Waals surface area contributed by atoms with Gasteiger partial charge in [-0.1, -0.05) is 217 Å². The highest BCUT2D eigenvalue weighted by molar-refractivity contribution is 5.93. The van der Waals surface area contributed by atoms with Gasteiger partial charge in [0, 0.05) is 0 Å². The Balaban J connectivity index is 0.000000312. The minimum Gasteiger partial charge on any atom is -0.0778 e. The molecule has 0 heterocycles. The summed E-state index contributed by atoms with van der Waals surface area (Å²) in [6.45, 7) is 87.7. The average molecular weight is 1440 g/mol. The molecule has 0 bridgehead atoms. The van der Waals surface area contributed by atoms with E-state index < -0.39 is 0 Å². The first kappa shape index (κ1) is 93.4. The van der Waals surface area contributed by atoms with Crippen molar-refractivity contribution in [2.45, 2.75) is 290 Å². The summed E-state index contributed by atoms with van der Waals surface area (Å²) in [5.41, 5.74) is 42.3. The molecule has 4 atom stereocenters. The Morgan fingerprint density at radius 3 is 0.953 bits per heavy atom. The fourth-order valence-electron chi connectivity index (χ4n) is 13.9. The average Bonchev–Trinajstić information content (AvgIpc) is 0.798. The summed E-state index contributed by atoms with van der Waals surface area (Å²) in [6, 6.07) is 48.9. The van der Waals surface area contributed by atoms with Crippen LogP contribution in [0.5, 0.6) is 0 Å². The van der Waals surface area contributed by atoms with Crippen molar-refractivity contribution in [3.05, 3.63) is 300 Å². The van der Waals surface area contributed by atoms with Crippen LogP contribution in [-0.2, 0) is 0 Å². The van der Waals surface area contributed by atoms with Crippen LogP contribution in [0.15, 0.2) is 145 Å². The van der Waals surface area contributed by atoms with Crippen molar-refractivity contribution < 1.29 is 0 Å². The third-order valence-corrected chi connectivity index (χ3v) is 23.3. The maximum Gasteiger partial charge on any atom is -0.0123 e. The molecule has 1 aliphatic carbocycles. The molecule has 107 heavy (non-hydrogen) atoms. The standard InChI is InChI=1S/4C14H16.C10H20.3C10H14.C6H12.C5H12/c1-9-5-7-14-12(4)10(2)6-8-13(14)11(9)3;1-9-7-12(4)14-11(3)6-5-10(2)13(14)8-9;1-9-5-6-14-12(4)11(3)10(2)8-13(14)7-9;1-9-6-5-7-13-12(4)10(2)8-11(3)14(9)13;2*1-7-5-9(3)10(4)6-8(7)2;1-7-5-8(2)10(4)9(3)6-7;1-7-5-6-8(2)10(4)9(7)3;1-5(2)6(3)4;1-5(2,3)4/h4*5-8H,1-4H3;7-10H,5-6H2,1-4H3;3*5-6H,1-4H3;1-4H3;1-4H3. The molecule has 578 valence electrons. The first-order valence-corrected chi connectivity index (χ1v) is 40.1. The Morgan fingerprint density at radius 1 is 0.224 bits per heavy atom. The smallest absolute Gasteiger partial charge is 0.0123 e. The van der Waals surface area contributed by atoms with Gasteiger partial charge in [-0.05, 0) is 446 Å². The van der Waals surface area contributed by atoms with Gasteiger partial charge in [-0.2, -0.15) is 0 Å². The lowest BCUT2D eigenvalue weighted by atomic mass is 9.71. The topological polar surface area (TPSA) is 0 Å². The van der Waals surface area contributed by atoms with Crippen LogP contribution in [0, 0.1) is 223 Å². The van der Waals surface area contributed by atoms with Crippen molar-refractivity contribution in [2.75, 3.05) is 0 Å². The summed E-state index contributed by atoms with van der Waals surface area (Å²) >= 11 is 0. The number of rotatable bonds is 0. The van der Waals surface area contributed by atoms with Gasteiger partial charge in [0.2, 0.25) is 0 Å². The SMILES string of the molecule is CC(C)(C)C.CC(C)=C(C)C.CC1CC(C)C(C)CC1C.Cc1cc(C)c(C)c(C)c1.Cc1cc(C)c(C)cc1C.Cc1cc(C)c2c(C)ccc(C)c2c1.Cc1cc(C)c2c(C)cccc2c1C.Cc1ccc(C)c(C)c1C.Cc1ccc2c(C)c(C)c(C)cc2c1.Cc1ccc2c(C)c(C)ccc2c1C. The highest BCUT2D eigenvalue weighted by Gasteiger charge is 2.27. The molecule has 0 heteroatoms. The molecular formula is C107H150. The molecular weight excluding hydrogens is 1290 g/mol. The Morgan fingerprint density at radius 2 is 0.523 bits per heavy atom. The lowest BCUT2D eigenvalue weighted by Crippen LogP contribution is -2.25. The zero-order chi connectivity index (χ0) is 81.7. The van der Waals surface area contributed by atoms with E-state index in [-0.39, 0.29) is 0 Å². The number of fused-ring (bicyclic) bond motifs is 4. The molecule has 0 amide bonds. The highest BCUT2D eigenvalue weighted by atomic mass is 14.3. The summed E-state index contributed by atoms with van der Waals surface area (Å²) in [5, 5.41) is 11.2. The molecule has 1 aliphatic rings. The molecule has 0 nitrogen and oxygen atoms in total. The molecule has 1 saturated carbocycles. The van der Waals surface area contributed by atoms with E-state index in [1.807, 2.05) is 0 Å². The van der Waals surface area contributed by atoms with Crippen LogP contribution < -0.4 is 0 Å². The summed E-state index contributed by atoms with van der Waals surface area (Å²) in [6.07, 6.45) is 2.89. The van der Waals surface area contributed by atoms with E-state index in [9.17, 15) is 0 Å². The quantitative estimate of drug-likeness (QED) is 0.133. The number of hydrogen-bond donors (Lipinski definition) is 0. The van der Waals surface area contributed by atoms with Crippen LogP contribution in [0.25, 0.3) is 43.1 Å². The number of benzene rings is 11. The second-order valence-corrected chi connectivity index (χ2v) is 35.0. The summed E-state index contributed by atoms with van der Waals surface area (Å²) in [7, 11) is 0. The molecule has 1 fully saturated rings. The molecule has 0 N–H and O–H groups in total. The molecule has 0 radical (unpaired) electrons. The lowest BCUT2D eigenvalue weighted by Gasteiger charge is -2.35. The van der Waals surface area contributed by atoms with Gasteiger partial charge >= 0.3 is 0 Å². The van der Waals surface area contributed by atoms with Crippen molar-refractivity contribution >= 4 is 43.1 Å². The normalized spacial score (nSPS) is 14.1. The number of allylic oxidation sites excluding steroid dienone is 2. The summed E-state index contributed by atoms with van der Waals surface area (Å²) in [4.78, 5) is 0. The first-order chi connectivity index (χ1) is 49.5. The van der Waals surface area contributed by atoms with Crippen molar-refractivity contribution in [1.29, 1.82) is 0 Å². The molecule has 0 aromatic heterocycles. The van der Waals surface area contributed by atoms with Crippen LogP contribution in [0.3, 0.4) is 0 Å². The molecule has 0 aliphatic heterocycles. The van der Waals surface area contributed by atoms with E-state index in [0.717, 1.165) is 23.7 Å². The fraction of sp³-hybridized carbons (Fsp3) is 0.439. The van der Waals surface area contributed by atoms with Crippen LogP contribution in [0.2, 0.25) is 0 Å². The molecule has 0 saturated heterocycles. The maximum absolute atomic E-state index is 2.40. The molecule has 12 rings (SSSR count). The van der Waals surface area contributed by atoms with Crippen molar-refractivity contribution in [1.82, 2.24) is 0 Å². The van der Waals surface area contributed by atoms with Crippen LogP contribution in [-0.4, -0.2) is 0 Å².